The van der Waals surface area contributed by atoms with Crippen molar-refractivity contribution in [3.63, 3.8) is 0 Å². The van der Waals surface area contributed by atoms with E-state index in [9.17, 15) is 9.59 Å². The first-order valence-corrected chi connectivity index (χ1v) is 5.04. The van der Waals surface area contributed by atoms with Crippen LogP contribution in [0.4, 0.5) is 4.79 Å². The number of amides is 2. The third-order valence-corrected chi connectivity index (χ3v) is 2.23. The number of nitrogens with one attached hydrogen (secondary N) is 1. The molecule has 1 atom stereocenters. The monoisotopic (exact) mass is 212 g/mol. The Hall–Kier alpha value is -1.52. The summed E-state index contributed by atoms with van der Waals surface area (Å²) in [6.07, 6.45) is 5.96. The summed E-state index contributed by atoms with van der Waals surface area (Å²) in [7, 11) is 0. The van der Waals surface area contributed by atoms with Crippen molar-refractivity contribution in [3.05, 3.63) is 12.2 Å². The van der Waals surface area contributed by atoms with E-state index in [-0.39, 0.29) is 12.5 Å². The molecule has 0 radical (unpaired) electrons. The van der Waals surface area contributed by atoms with Crippen molar-refractivity contribution in [2.75, 3.05) is 13.2 Å². The molecule has 1 rings (SSSR count). The minimum atomic E-state index is -0.817. The number of nitrogens with two attached hydrogens (primary N) is 1. The zero-order valence-corrected chi connectivity index (χ0v) is 8.57. The number of allylic oxidation sites excluding steroid dienone is 2. The molecule has 5 nitrogen and oxygen atoms in total. The van der Waals surface area contributed by atoms with Crippen molar-refractivity contribution in [3.8, 4) is 0 Å². The molecule has 0 fully saturated rings. The number of primary amides is 1. The standard InChI is InChI=1S/C10H16N2O3/c11-10(14)15-6-5-12-9(13)7-8-3-1-2-4-8/h1,3,8H,2,4-7H2,(H2,11,14)(H,12,13). The predicted octanol–water partition coefficient (Wildman–Crippen LogP) is 0.554. The van der Waals surface area contributed by atoms with Gasteiger partial charge < -0.3 is 15.8 Å². The predicted molar refractivity (Wildman–Crippen MR) is 55.0 cm³/mol. The van der Waals surface area contributed by atoms with Crippen molar-refractivity contribution in [2.45, 2.75) is 19.3 Å². The normalized spacial score (nSPS) is 18.8. The van der Waals surface area contributed by atoms with Crippen LogP contribution in [0.5, 0.6) is 0 Å². The van der Waals surface area contributed by atoms with Crippen LogP contribution in [0, 0.1) is 5.92 Å². The topological polar surface area (TPSA) is 81.4 Å². The van der Waals surface area contributed by atoms with Gasteiger partial charge in [-0.2, -0.15) is 0 Å². The number of carbonyl (C=O) groups excluding carboxylic acids is 2. The largest absolute Gasteiger partial charge is 0.448 e. The summed E-state index contributed by atoms with van der Waals surface area (Å²) in [5.74, 6) is 0.349. The molecule has 1 aliphatic carbocycles. The van der Waals surface area contributed by atoms with Gasteiger partial charge in [-0.25, -0.2) is 4.79 Å². The van der Waals surface area contributed by atoms with E-state index in [0.29, 0.717) is 18.9 Å². The lowest BCUT2D eigenvalue weighted by molar-refractivity contribution is -0.121. The Morgan fingerprint density at radius 1 is 1.53 bits per heavy atom. The highest BCUT2D eigenvalue weighted by Crippen LogP contribution is 2.19. The first-order valence-electron chi connectivity index (χ1n) is 5.04. The molecule has 0 spiro atoms. The van der Waals surface area contributed by atoms with E-state index in [1.54, 1.807) is 0 Å². The van der Waals surface area contributed by atoms with Gasteiger partial charge in [-0.15, -0.1) is 0 Å². The number of ether oxygens (including phenoxy) is 1. The first-order chi connectivity index (χ1) is 7.18. The molecule has 0 aliphatic heterocycles. The highest BCUT2D eigenvalue weighted by atomic mass is 16.5. The fraction of sp³-hybridized carbons (Fsp3) is 0.600. The zero-order valence-electron chi connectivity index (χ0n) is 8.57. The minimum Gasteiger partial charge on any atom is -0.448 e. The van der Waals surface area contributed by atoms with Crippen molar-refractivity contribution in [1.82, 2.24) is 5.32 Å². The van der Waals surface area contributed by atoms with Crippen molar-refractivity contribution >= 4 is 12.0 Å². The Labute approximate surface area is 88.7 Å². The van der Waals surface area contributed by atoms with Gasteiger partial charge in [0.05, 0.1) is 6.54 Å². The van der Waals surface area contributed by atoms with Gasteiger partial charge >= 0.3 is 6.09 Å². The Bertz CT molecular complexity index is 263. The zero-order chi connectivity index (χ0) is 11.1. The van der Waals surface area contributed by atoms with Crippen LogP contribution in [0.2, 0.25) is 0 Å². The molecule has 0 aromatic carbocycles. The molecule has 0 bridgehead atoms. The van der Waals surface area contributed by atoms with Gasteiger partial charge in [0, 0.05) is 6.42 Å². The Morgan fingerprint density at radius 2 is 2.33 bits per heavy atom. The summed E-state index contributed by atoms with van der Waals surface area (Å²) in [6.45, 7) is 0.444. The maximum absolute atomic E-state index is 11.3. The van der Waals surface area contributed by atoms with Gasteiger partial charge in [-0.05, 0) is 18.8 Å². The van der Waals surface area contributed by atoms with Crippen LogP contribution < -0.4 is 11.1 Å². The molecule has 1 aliphatic rings. The van der Waals surface area contributed by atoms with Gasteiger partial charge in [0.25, 0.3) is 0 Å². The van der Waals surface area contributed by atoms with Crippen molar-refractivity contribution < 1.29 is 14.3 Å². The molecule has 0 aromatic heterocycles. The van der Waals surface area contributed by atoms with E-state index in [4.69, 9.17) is 5.73 Å². The maximum atomic E-state index is 11.3. The van der Waals surface area contributed by atoms with Gasteiger partial charge in [0.1, 0.15) is 6.61 Å². The molecular formula is C10H16N2O3. The lowest BCUT2D eigenvalue weighted by Crippen LogP contribution is -2.29. The molecule has 0 aromatic rings. The van der Waals surface area contributed by atoms with Crippen LogP contribution in [-0.4, -0.2) is 25.2 Å². The molecular weight excluding hydrogens is 196 g/mol. The molecule has 84 valence electrons. The fourth-order valence-corrected chi connectivity index (χ4v) is 1.52. The lowest BCUT2D eigenvalue weighted by atomic mass is 10.1. The molecule has 15 heavy (non-hydrogen) atoms. The van der Waals surface area contributed by atoms with Crippen LogP contribution in [0.25, 0.3) is 0 Å². The van der Waals surface area contributed by atoms with Crippen molar-refractivity contribution in [1.29, 1.82) is 0 Å². The van der Waals surface area contributed by atoms with Crippen LogP contribution in [0.1, 0.15) is 19.3 Å². The molecule has 3 N–H and O–H groups in total. The summed E-state index contributed by atoms with van der Waals surface area (Å²) >= 11 is 0. The summed E-state index contributed by atoms with van der Waals surface area (Å²) < 4.78 is 4.47. The van der Waals surface area contributed by atoms with Gasteiger partial charge in [-0.1, -0.05) is 12.2 Å². The van der Waals surface area contributed by atoms with E-state index in [2.05, 4.69) is 22.2 Å². The van der Waals surface area contributed by atoms with Crippen molar-refractivity contribution in [2.24, 2.45) is 11.7 Å². The van der Waals surface area contributed by atoms with Crippen LogP contribution in [0.3, 0.4) is 0 Å². The smallest absolute Gasteiger partial charge is 0.404 e. The van der Waals surface area contributed by atoms with Crippen LogP contribution in [0.15, 0.2) is 12.2 Å². The summed E-state index contributed by atoms with van der Waals surface area (Å²) in [6, 6.07) is 0. The lowest BCUT2D eigenvalue weighted by Gasteiger charge is -2.08. The summed E-state index contributed by atoms with van der Waals surface area (Å²) in [5, 5.41) is 2.66. The molecule has 5 heteroatoms. The molecule has 0 saturated carbocycles. The van der Waals surface area contributed by atoms with Gasteiger partial charge in [-0.3, -0.25) is 4.79 Å². The molecule has 0 saturated heterocycles. The number of hydrogen-bond donors (Lipinski definition) is 2. The number of hydrogen-bond acceptors (Lipinski definition) is 3. The highest BCUT2D eigenvalue weighted by Gasteiger charge is 2.13. The number of rotatable bonds is 5. The fourth-order valence-electron chi connectivity index (χ4n) is 1.52. The second-order valence-electron chi connectivity index (χ2n) is 3.49. The Balaban J connectivity index is 2.03. The Kier molecular flexibility index (Phi) is 4.66. The van der Waals surface area contributed by atoms with Gasteiger partial charge in [0.15, 0.2) is 0 Å². The maximum Gasteiger partial charge on any atom is 0.404 e. The third kappa shape index (κ3) is 5.05. The molecule has 1 unspecified atom stereocenters. The number of carbonyl (C=O) groups is 2. The average molecular weight is 212 g/mol. The quantitative estimate of drug-likeness (QED) is 0.516. The van der Waals surface area contributed by atoms with E-state index >= 15 is 0 Å². The SMILES string of the molecule is NC(=O)OCCNC(=O)CC1C=CCC1. The van der Waals surface area contributed by atoms with Crippen LogP contribution >= 0.6 is 0 Å². The van der Waals surface area contributed by atoms with E-state index in [0.717, 1.165) is 12.8 Å². The summed E-state index contributed by atoms with van der Waals surface area (Å²) in [5.41, 5.74) is 4.76. The Morgan fingerprint density at radius 3 is 2.93 bits per heavy atom. The van der Waals surface area contributed by atoms with Gasteiger partial charge in [0.2, 0.25) is 5.91 Å². The average Bonchev–Trinajstić information content (AvgIpc) is 2.64. The minimum absolute atomic E-state index is 0.0142. The summed E-state index contributed by atoms with van der Waals surface area (Å²) in [4.78, 5) is 21.5. The highest BCUT2D eigenvalue weighted by molar-refractivity contribution is 5.76. The second kappa shape index (κ2) is 6.06. The molecule has 0 heterocycles. The van der Waals surface area contributed by atoms with E-state index in [1.807, 2.05) is 0 Å². The van der Waals surface area contributed by atoms with E-state index < -0.39 is 6.09 Å². The van der Waals surface area contributed by atoms with Crippen LogP contribution in [-0.2, 0) is 9.53 Å². The molecule has 2 amide bonds. The first kappa shape index (κ1) is 11.6. The second-order valence-corrected chi connectivity index (χ2v) is 3.49. The van der Waals surface area contributed by atoms with E-state index in [1.165, 1.54) is 0 Å². The third-order valence-electron chi connectivity index (χ3n) is 2.23.